The Morgan fingerprint density at radius 2 is 1.94 bits per heavy atom. The number of ether oxygens (including phenoxy) is 1. The van der Waals surface area contributed by atoms with Crippen LogP contribution in [0.25, 0.3) is 0 Å². The van der Waals surface area contributed by atoms with Crippen LogP contribution in [-0.2, 0) is 4.74 Å². The van der Waals surface area contributed by atoms with Crippen molar-refractivity contribution in [1.29, 1.82) is 0 Å². The summed E-state index contributed by atoms with van der Waals surface area (Å²) in [6.45, 7) is 4.24. The van der Waals surface area contributed by atoms with Crippen molar-refractivity contribution in [1.82, 2.24) is 9.80 Å². The molecule has 5 nitrogen and oxygen atoms in total. The molecule has 2 N–H and O–H groups in total. The molecular formula is C13H25N3O2. The number of nitrogens with two attached hydrogens (primary N) is 1. The van der Waals surface area contributed by atoms with Gasteiger partial charge in [-0.15, -0.1) is 0 Å². The summed E-state index contributed by atoms with van der Waals surface area (Å²) in [6.07, 6.45) is 5.70. The van der Waals surface area contributed by atoms with Gasteiger partial charge in [-0.1, -0.05) is 12.8 Å². The van der Waals surface area contributed by atoms with E-state index in [1.165, 1.54) is 12.8 Å². The third-order valence-electron chi connectivity index (χ3n) is 3.90. The Labute approximate surface area is 109 Å². The average molecular weight is 255 g/mol. The highest BCUT2D eigenvalue weighted by atomic mass is 16.5. The molecule has 2 amide bonds. The molecule has 0 aromatic rings. The number of morpholine rings is 1. The van der Waals surface area contributed by atoms with Gasteiger partial charge in [0.25, 0.3) is 0 Å². The van der Waals surface area contributed by atoms with Crippen LogP contribution < -0.4 is 5.73 Å². The van der Waals surface area contributed by atoms with Gasteiger partial charge in [-0.3, -0.25) is 0 Å². The molecule has 1 heterocycles. The van der Waals surface area contributed by atoms with E-state index in [2.05, 4.69) is 4.90 Å². The molecular weight excluding hydrogens is 230 g/mol. The van der Waals surface area contributed by atoms with Gasteiger partial charge in [-0.2, -0.15) is 0 Å². The van der Waals surface area contributed by atoms with E-state index in [1.54, 1.807) is 0 Å². The zero-order valence-electron chi connectivity index (χ0n) is 11.1. The van der Waals surface area contributed by atoms with E-state index >= 15 is 0 Å². The van der Waals surface area contributed by atoms with E-state index in [0.29, 0.717) is 25.8 Å². The molecule has 0 unspecified atom stereocenters. The molecule has 0 aromatic heterocycles. The second-order valence-electron chi connectivity index (χ2n) is 5.16. The lowest BCUT2D eigenvalue weighted by molar-refractivity contribution is 0.0392. The molecule has 0 radical (unpaired) electrons. The second kappa shape index (κ2) is 6.95. The third kappa shape index (κ3) is 3.36. The molecule has 2 aliphatic rings. The maximum Gasteiger partial charge on any atom is 0.320 e. The summed E-state index contributed by atoms with van der Waals surface area (Å²) in [5, 5.41) is 0. The molecule has 1 aliphatic carbocycles. The van der Waals surface area contributed by atoms with E-state index in [-0.39, 0.29) is 6.03 Å². The quantitative estimate of drug-likeness (QED) is 0.816. The minimum Gasteiger partial charge on any atom is -0.378 e. The molecule has 104 valence electrons. The second-order valence-corrected chi connectivity index (χ2v) is 5.16. The van der Waals surface area contributed by atoms with Gasteiger partial charge in [0.2, 0.25) is 0 Å². The van der Waals surface area contributed by atoms with E-state index in [1.807, 2.05) is 4.90 Å². The van der Waals surface area contributed by atoms with Gasteiger partial charge in [0.15, 0.2) is 0 Å². The van der Waals surface area contributed by atoms with E-state index in [4.69, 9.17) is 10.5 Å². The Morgan fingerprint density at radius 3 is 2.56 bits per heavy atom. The molecule has 1 aliphatic heterocycles. The molecule has 0 spiro atoms. The first-order valence-corrected chi connectivity index (χ1v) is 7.16. The molecule has 2 fully saturated rings. The van der Waals surface area contributed by atoms with Crippen molar-refractivity contribution in [2.24, 2.45) is 5.73 Å². The van der Waals surface area contributed by atoms with Crippen molar-refractivity contribution < 1.29 is 9.53 Å². The first-order valence-electron chi connectivity index (χ1n) is 7.16. The van der Waals surface area contributed by atoms with Crippen molar-refractivity contribution in [3.8, 4) is 0 Å². The lowest BCUT2D eigenvalue weighted by Gasteiger charge is -2.36. The van der Waals surface area contributed by atoms with Crippen LogP contribution in [0.15, 0.2) is 0 Å². The number of hydrogen-bond donors (Lipinski definition) is 1. The van der Waals surface area contributed by atoms with E-state index < -0.39 is 0 Å². The van der Waals surface area contributed by atoms with Gasteiger partial charge in [0.05, 0.1) is 13.2 Å². The highest BCUT2D eigenvalue weighted by Gasteiger charge is 2.29. The van der Waals surface area contributed by atoms with Gasteiger partial charge in [0.1, 0.15) is 0 Å². The topological polar surface area (TPSA) is 58.8 Å². The van der Waals surface area contributed by atoms with Gasteiger partial charge in [-0.25, -0.2) is 4.79 Å². The first kappa shape index (κ1) is 13.6. The molecule has 5 heteroatoms. The fourth-order valence-corrected chi connectivity index (χ4v) is 2.85. The standard InChI is InChI=1S/C13H25N3O2/c14-6-3-7-16(12-4-1-2-5-12)13(17)15-8-10-18-11-9-15/h12H,1-11,14H2. The zero-order chi connectivity index (χ0) is 12.8. The highest BCUT2D eigenvalue weighted by molar-refractivity contribution is 5.75. The SMILES string of the molecule is NCCCN(C(=O)N1CCOCC1)C1CCCC1. The van der Waals surface area contributed by atoms with Crippen molar-refractivity contribution in [2.45, 2.75) is 38.1 Å². The minimum absolute atomic E-state index is 0.193. The number of carbonyl (C=O) groups is 1. The lowest BCUT2D eigenvalue weighted by atomic mass is 10.2. The molecule has 2 rings (SSSR count). The van der Waals surface area contributed by atoms with Crippen molar-refractivity contribution in [3.63, 3.8) is 0 Å². The van der Waals surface area contributed by atoms with Gasteiger partial charge in [-0.05, 0) is 25.8 Å². The maximum atomic E-state index is 12.5. The largest absolute Gasteiger partial charge is 0.378 e. The summed E-state index contributed by atoms with van der Waals surface area (Å²) < 4.78 is 5.30. The van der Waals surface area contributed by atoms with Crippen LogP contribution in [0.2, 0.25) is 0 Å². The first-order chi connectivity index (χ1) is 8.83. The van der Waals surface area contributed by atoms with Crippen LogP contribution in [0, 0.1) is 0 Å². The maximum absolute atomic E-state index is 12.5. The van der Waals surface area contributed by atoms with Crippen LogP contribution in [0.4, 0.5) is 4.79 Å². The summed E-state index contributed by atoms with van der Waals surface area (Å²) in [6, 6.07) is 0.630. The zero-order valence-corrected chi connectivity index (χ0v) is 11.1. The summed E-state index contributed by atoms with van der Waals surface area (Å²) in [5.41, 5.74) is 5.58. The monoisotopic (exact) mass is 255 g/mol. The molecule has 0 aromatic carbocycles. The molecule has 1 saturated heterocycles. The molecule has 18 heavy (non-hydrogen) atoms. The Kier molecular flexibility index (Phi) is 5.26. The van der Waals surface area contributed by atoms with Crippen LogP contribution in [0.5, 0.6) is 0 Å². The molecule has 0 atom stereocenters. The number of carbonyl (C=O) groups excluding carboxylic acids is 1. The highest BCUT2D eigenvalue weighted by Crippen LogP contribution is 2.24. The van der Waals surface area contributed by atoms with Crippen molar-refractivity contribution in [3.05, 3.63) is 0 Å². The number of nitrogens with zero attached hydrogens (tertiary/aromatic N) is 2. The van der Waals surface area contributed by atoms with Gasteiger partial charge < -0.3 is 20.3 Å². The fraction of sp³-hybridized carbons (Fsp3) is 0.923. The van der Waals surface area contributed by atoms with Crippen LogP contribution in [-0.4, -0.2) is 61.3 Å². The number of rotatable bonds is 4. The predicted octanol–water partition coefficient (Wildman–Crippen LogP) is 1.03. The lowest BCUT2D eigenvalue weighted by Crippen LogP contribution is -2.51. The van der Waals surface area contributed by atoms with Crippen LogP contribution >= 0.6 is 0 Å². The van der Waals surface area contributed by atoms with E-state index in [0.717, 1.165) is 38.9 Å². The Morgan fingerprint density at radius 1 is 1.28 bits per heavy atom. The number of amides is 2. The van der Waals surface area contributed by atoms with Gasteiger partial charge in [0, 0.05) is 25.7 Å². The van der Waals surface area contributed by atoms with Gasteiger partial charge >= 0.3 is 6.03 Å². The predicted molar refractivity (Wildman–Crippen MR) is 70.4 cm³/mol. The smallest absolute Gasteiger partial charge is 0.320 e. The number of hydrogen-bond acceptors (Lipinski definition) is 3. The number of urea groups is 1. The molecule has 1 saturated carbocycles. The average Bonchev–Trinajstić information content (AvgIpc) is 2.94. The summed E-state index contributed by atoms with van der Waals surface area (Å²) in [5.74, 6) is 0. The van der Waals surface area contributed by atoms with E-state index in [9.17, 15) is 4.79 Å². The minimum atomic E-state index is 0.193. The molecule has 0 bridgehead atoms. The Hall–Kier alpha value is -0.810. The normalized spacial score (nSPS) is 21.3. The fourth-order valence-electron chi connectivity index (χ4n) is 2.85. The summed E-state index contributed by atoms with van der Waals surface area (Å²) in [4.78, 5) is 16.5. The summed E-state index contributed by atoms with van der Waals surface area (Å²) in [7, 11) is 0. The van der Waals surface area contributed by atoms with Crippen molar-refractivity contribution >= 4 is 6.03 Å². The van der Waals surface area contributed by atoms with Crippen LogP contribution in [0.3, 0.4) is 0 Å². The third-order valence-corrected chi connectivity index (χ3v) is 3.90. The Balaban J connectivity index is 1.94. The Bertz CT molecular complexity index is 261. The summed E-state index contributed by atoms with van der Waals surface area (Å²) >= 11 is 0. The van der Waals surface area contributed by atoms with Crippen LogP contribution in [0.1, 0.15) is 32.1 Å². The van der Waals surface area contributed by atoms with Crippen molar-refractivity contribution in [2.75, 3.05) is 39.4 Å².